The van der Waals surface area contributed by atoms with E-state index in [0.29, 0.717) is 54.2 Å². The summed E-state index contributed by atoms with van der Waals surface area (Å²) in [6, 6.07) is 4.29. The van der Waals surface area contributed by atoms with Crippen LogP contribution in [0.3, 0.4) is 0 Å². The quantitative estimate of drug-likeness (QED) is 0.0247. The van der Waals surface area contributed by atoms with E-state index in [1.54, 1.807) is 83.2 Å². The Balaban J connectivity index is 1.25. The van der Waals surface area contributed by atoms with E-state index in [9.17, 15) is 57.5 Å². The number of hydrogen-bond acceptors (Lipinski definition) is 20. The number of amides is 13. The Morgan fingerprint density at radius 2 is 1.40 bits per heavy atom. The number of benzene rings is 2. The SMILES string of the molecule is CC[C@H](C)[C@@H]([C@@H](CC(=O)N1C[C@@H](NC(=O)OCc2ccc(NC(=O)[C@H](CCCNC(N)=O)NC(=O)[C@@H](NC(=O)CCCCCN3C(=O)CC(SCC4(CC(N)=O)CC4)C3=O)C(C)C)cc2)C[C@H]1[C@H](OC)[C@@H](C)C(=O)NCC(=O)c1ccc(OC)c(OC)c1)OC)N(C)C(=O)[C@@H](NC(=O)[C@H](C(C)C)N(C)C)C(C)C. The molecule has 3 fully saturated rings. The number of likely N-dealkylation sites (N-methyl/N-ethyl adjacent to an activating group) is 2. The first kappa shape index (κ1) is 90.0. The predicted octanol–water partition coefficient (Wildman–Crippen LogP) is 4.64. The minimum Gasteiger partial charge on any atom is -0.493 e. The Morgan fingerprint density at radius 3 is 1.97 bits per heavy atom. The minimum absolute atomic E-state index is 0.0491. The molecule has 602 valence electrons. The number of carbonyl (C=O) groups is 13. The second-order valence-electron chi connectivity index (χ2n) is 30.0. The summed E-state index contributed by atoms with van der Waals surface area (Å²) < 4.78 is 28.6. The van der Waals surface area contributed by atoms with Crippen LogP contribution in [0.2, 0.25) is 0 Å². The van der Waals surface area contributed by atoms with Gasteiger partial charge in [0.15, 0.2) is 17.3 Å². The van der Waals surface area contributed by atoms with Crippen LogP contribution < -0.4 is 58.2 Å². The van der Waals surface area contributed by atoms with Gasteiger partial charge in [0, 0.05) is 77.2 Å². The van der Waals surface area contributed by atoms with Crippen molar-refractivity contribution in [1.29, 1.82) is 0 Å². The smallest absolute Gasteiger partial charge is 0.407 e. The molecule has 5 rings (SSSR count). The Bertz CT molecular complexity index is 3420. The lowest BCUT2D eigenvalue weighted by atomic mass is 9.89. The van der Waals surface area contributed by atoms with Crippen molar-refractivity contribution in [3.63, 3.8) is 0 Å². The van der Waals surface area contributed by atoms with Crippen LogP contribution in [0.25, 0.3) is 0 Å². The maximum absolute atomic E-state index is 15.1. The van der Waals surface area contributed by atoms with E-state index in [-0.39, 0.29) is 136 Å². The summed E-state index contributed by atoms with van der Waals surface area (Å²) in [6.45, 7) is 16.2. The van der Waals surface area contributed by atoms with Crippen LogP contribution in [-0.2, 0) is 68.8 Å². The number of carbonyl (C=O) groups excluding carboxylic acids is 13. The topological polar surface area (TPSA) is 417 Å². The summed E-state index contributed by atoms with van der Waals surface area (Å²) in [5.41, 5.74) is 11.6. The molecule has 2 saturated heterocycles. The first-order valence-electron chi connectivity index (χ1n) is 37.4. The molecule has 2 heterocycles. The fraction of sp³-hybridized carbons (Fsp3) is 0.671. The van der Waals surface area contributed by atoms with Crippen molar-refractivity contribution in [3.8, 4) is 11.5 Å². The number of nitrogens with two attached hydrogens (primary N) is 2. The first-order chi connectivity index (χ1) is 51.0. The molecule has 12 atom stereocenters. The zero-order valence-corrected chi connectivity index (χ0v) is 66.7. The molecule has 2 aliphatic heterocycles. The van der Waals surface area contributed by atoms with Crippen molar-refractivity contribution in [1.82, 2.24) is 51.5 Å². The van der Waals surface area contributed by atoms with E-state index in [1.165, 1.54) is 56.1 Å². The van der Waals surface area contributed by atoms with E-state index in [2.05, 4.69) is 37.2 Å². The molecule has 11 N–H and O–H groups in total. The van der Waals surface area contributed by atoms with Gasteiger partial charge >= 0.3 is 12.1 Å². The van der Waals surface area contributed by atoms with E-state index >= 15 is 4.79 Å². The van der Waals surface area contributed by atoms with Crippen LogP contribution in [0.15, 0.2) is 42.5 Å². The van der Waals surface area contributed by atoms with Crippen LogP contribution >= 0.6 is 11.8 Å². The van der Waals surface area contributed by atoms with Crippen molar-refractivity contribution in [2.75, 3.05) is 86.8 Å². The highest BCUT2D eigenvalue weighted by atomic mass is 32.2. The number of primary amides is 2. The lowest BCUT2D eigenvalue weighted by molar-refractivity contribution is -0.148. The molecule has 32 heteroatoms. The Labute approximate surface area is 639 Å². The van der Waals surface area contributed by atoms with Gasteiger partial charge in [-0.2, -0.15) is 0 Å². The summed E-state index contributed by atoms with van der Waals surface area (Å²) in [7, 11) is 11.0. The summed E-state index contributed by atoms with van der Waals surface area (Å²) in [4.78, 5) is 181. The van der Waals surface area contributed by atoms with Crippen molar-refractivity contribution >= 4 is 94.4 Å². The molecule has 2 aromatic rings. The number of thioether (sulfide) groups is 1. The molecule has 0 bridgehead atoms. The number of nitrogens with one attached hydrogen (secondary N) is 7. The highest BCUT2D eigenvalue weighted by Gasteiger charge is 2.49. The number of Topliss-reactive ketones (excluding diaryl/α,β-unsaturated/α-hetero) is 1. The van der Waals surface area contributed by atoms with Gasteiger partial charge in [0.05, 0.1) is 74.7 Å². The van der Waals surface area contributed by atoms with Gasteiger partial charge in [-0.05, 0) is 124 Å². The normalized spacial score (nSPS) is 18.5. The summed E-state index contributed by atoms with van der Waals surface area (Å²) >= 11 is 1.40. The third-order valence-corrected chi connectivity index (χ3v) is 22.0. The molecule has 3 aliphatic rings. The van der Waals surface area contributed by atoms with Gasteiger partial charge in [-0.25, -0.2) is 9.59 Å². The number of imide groups is 1. The van der Waals surface area contributed by atoms with Crippen molar-refractivity contribution in [2.45, 2.75) is 212 Å². The van der Waals surface area contributed by atoms with Crippen LogP contribution in [0, 0.1) is 35.0 Å². The molecule has 13 amide bonds. The second-order valence-corrected chi connectivity index (χ2v) is 31.2. The average Bonchev–Trinajstić information content (AvgIpc) is 1.44. The number of likely N-dealkylation sites (tertiary alicyclic amines) is 2. The number of alkyl carbamates (subject to hydrolysis) is 1. The van der Waals surface area contributed by atoms with Gasteiger partial charge in [-0.3, -0.25) is 62.5 Å². The molecule has 31 nitrogen and oxygen atoms in total. The fourth-order valence-electron chi connectivity index (χ4n) is 14.0. The molecule has 1 saturated carbocycles. The third-order valence-electron chi connectivity index (χ3n) is 20.5. The number of ketones is 1. The Hall–Kier alpha value is -8.62. The lowest BCUT2D eigenvalue weighted by Gasteiger charge is -2.41. The van der Waals surface area contributed by atoms with Gasteiger partial charge in [-0.1, -0.05) is 87.3 Å². The van der Waals surface area contributed by atoms with Gasteiger partial charge < -0.3 is 82.2 Å². The van der Waals surface area contributed by atoms with Crippen LogP contribution in [-0.4, -0.2) is 238 Å². The van der Waals surface area contributed by atoms with Gasteiger partial charge in [0.25, 0.3) is 0 Å². The van der Waals surface area contributed by atoms with Gasteiger partial charge in [0.1, 0.15) is 24.7 Å². The largest absolute Gasteiger partial charge is 0.493 e. The first-order valence-corrected chi connectivity index (χ1v) is 38.4. The molecule has 0 spiro atoms. The summed E-state index contributed by atoms with van der Waals surface area (Å²) in [6.07, 6.45) is 1.46. The van der Waals surface area contributed by atoms with Crippen LogP contribution in [0.1, 0.15) is 162 Å². The zero-order valence-electron chi connectivity index (χ0n) is 65.8. The maximum Gasteiger partial charge on any atom is 0.407 e. The molecular weight excluding hydrogens is 1410 g/mol. The standard InChI is InChI=1S/C76H119N13O18S/c1-17-46(8)66(87(12)73(100)64(44(4)5)85-71(98)65(45(6)7)86(10)11)57(105-15)36-61(93)89-40-51(35-53(89)67(106-16)47(9)68(95)80-39-54(90)49-26-29-55(103-13)56(34-49)104-14)82-75(102)107-41-48-24-27-50(28-25-48)81-69(96)52(22-21-32-79-74(78)101)83-70(97)63(43(2)3)84-60(92)23-19-18-20-33-88-62(94)37-58(72(88)99)108-42-76(30-31-76)38-59(77)91/h24-29,34,43-47,51-53,57-58,63-67H,17-23,30-33,35-42H2,1-16H3,(H2,77,91)(H,80,95)(H,81,96)(H,82,102)(H,83,97)(H,84,92)(H,85,98)(H3,78,79,101)/t46-,47+,51-,52-,53-,57+,58?,63-,64-,65-,66-,67+/m0/s1. The third kappa shape index (κ3) is 26.3. The second kappa shape index (κ2) is 43.0. The van der Waals surface area contributed by atoms with Crippen molar-refractivity contribution in [3.05, 3.63) is 53.6 Å². The predicted molar refractivity (Wildman–Crippen MR) is 407 cm³/mol. The fourth-order valence-corrected chi connectivity index (χ4v) is 15.5. The van der Waals surface area contributed by atoms with Crippen LogP contribution in [0.4, 0.5) is 15.3 Å². The van der Waals surface area contributed by atoms with E-state index in [4.69, 9.17) is 35.2 Å². The highest BCUT2D eigenvalue weighted by Crippen LogP contribution is 2.52. The Kier molecular flexibility index (Phi) is 35.8. The monoisotopic (exact) mass is 1530 g/mol. The Morgan fingerprint density at radius 1 is 0.731 bits per heavy atom. The summed E-state index contributed by atoms with van der Waals surface area (Å²) in [5, 5.41) is 18.9. The number of methoxy groups -OCH3 is 4. The molecule has 1 aliphatic carbocycles. The number of rotatable bonds is 46. The molecule has 0 radical (unpaired) electrons. The van der Waals surface area contributed by atoms with Crippen LogP contribution in [0.5, 0.6) is 11.5 Å². The van der Waals surface area contributed by atoms with Gasteiger partial charge in [0.2, 0.25) is 59.1 Å². The molecule has 108 heavy (non-hydrogen) atoms. The average molecular weight is 1530 g/mol. The minimum atomic E-state index is -1.15. The molecular formula is C76H119N13O18S. The van der Waals surface area contributed by atoms with E-state index in [0.717, 1.165) is 12.8 Å². The number of anilines is 1. The number of unbranched alkanes of at least 4 members (excludes halogenated alkanes) is 2. The number of urea groups is 1. The summed E-state index contributed by atoms with van der Waals surface area (Å²) in [5.74, 6) is -5.30. The number of ether oxygens (including phenoxy) is 5. The molecule has 0 aromatic heterocycles. The van der Waals surface area contributed by atoms with E-state index < -0.39 is 119 Å². The van der Waals surface area contributed by atoms with Gasteiger partial charge in [-0.15, -0.1) is 11.8 Å². The number of nitrogens with zero attached hydrogens (tertiary/aromatic N) is 4. The van der Waals surface area contributed by atoms with Crippen molar-refractivity contribution in [2.24, 2.45) is 46.5 Å². The lowest BCUT2D eigenvalue weighted by Crippen LogP contribution is -2.59. The van der Waals surface area contributed by atoms with E-state index in [1.807, 2.05) is 46.4 Å². The highest BCUT2D eigenvalue weighted by molar-refractivity contribution is 8.00. The zero-order chi connectivity index (χ0) is 80.4. The maximum atomic E-state index is 15.1. The molecule has 1 unspecified atom stereocenters. The molecule has 2 aromatic carbocycles. The van der Waals surface area contributed by atoms with Crippen molar-refractivity contribution < 1.29 is 86.0 Å². The number of hydrogen-bond donors (Lipinski definition) is 9.